The van der Waals surface area contributed by atoms with Crippen LogP contribution in [0.4, 0.5) is 8.78 Å². The van der Waals surface area contributed by atoms with Gasteiger partial charge in [0.1, 0.15) is 0 Å². The first-order valence-corrected chi connectivity index (χ1v) is 7.30. The van der Waals surface area contributed by atoms with Crippen LogP contribution in [0.2, 0.25) is 0 Å². The Balaban J connectivity index is 2.33. The van der Waals surface area contributed by atoms with Crippen LogP contribution in [-0.4, -0.2) is 16.0 Å². The summed E-state index contributed by atoms with van der Waals surface area (Å²) in [5.74, 6) is -2.99. The number of nitrogens with zero attached hydrogens (tertiary/aromatic N) is 1. The van der Waals surface area contributed by atoms with E-state index in [1.54, 1.807) is 31.4 Å². The molecule has 0 aromatic heterocycles. The molecule has 1 aliphatic rings. The number of carboxylic acid groups (broad SMARTS) is 1. The van der Waals surface area contributed by atoms with Crippen LogP contribution in [0.25, 0.3) is 0 Å². The largest absolute Gasteiger partial charge is 0.476 e. The topological polar surface area (TPSA) is 52.6 Å². The molecule has 2 N–H and O–H groups in total. The van der Waals surface area contributed by atoms with Crippen molar-refractivity contribution in [3.8, 4) is 0 Å². The lowest BCUT2D eigenvalue weighted by atomic mass is 10.1. The van der Waals surface area contributed by atoms with Crippen LogP contribution >= 0.6 is 0 Å². The zero-order chi connectivity index (χ0) is 17.9. The lowest BCUT2D eigenvalue weighted by Crippen LogP contribution is -2.29. The molecule has 24 heavy (non-hydrogen) atoms. The molecule has 1 aliphatic heterocycles. The third-order valence-electron chi connectivity index (χ3n) is 3.57. The van der Waals surface area contributed by atoms with E-state index in [4.69, 9.17) is 0 Å². The van der Waals surface area contributed by atoms with Crippen LogP contribution in [-0.2, 0) is 11.3 Å². The zero-order valence-corrected chi connectivity index (χ0v) is 13.4. The third kappa shape index (κ3) is 3.37. The molecule has 0 atom stereocenters. The number of benzene rings is 1. The number of carboxylic acids is 1. The van der Waals surface area contributed by atoms with E-state index in [0.29, 0.717) is 5.70 Å². The Morgan fingerprint density at radius 3 is 2.67 bits per heavy atom. The van der Waals surface area contributed by atoms with E-state index in [-0.39, 0.29) is 29.1 Å². The first kappa shape index (κ1) is 17.5. The normalized spacial score (nSPS) is 14.7. The van der Waals surface area contributed by atoms with Gasteiger partial charge >= 0.3 is 5.97 Å². The van der Waals surface area contributed by atoms with Crippen molar-refractivity contribution in [2.24, 2.45) is 0 Å². The second-order valence-corrected chi connectivity index (χ2v) is 5.27. The Morgan fingerprint density at radius 2 is 2.04 bits per heavy atom. The van der Waals surface area contributed by atoms with E-state index in [2.05, 4.69) is 11.9 Å². The van der Waals surface area contributed by atoms with Gasteiger partial charge in [0, 0.05) is 24.0 Å². The zero-order valence-electron chi connectivity index (χ0n) is 13.4. The van der Waals surface area contributed by atoms with Crippen molar-refractivity contribution in [3.63, 3.8) is 0 Å². The number of allylic oxidation sites excluding steroid dienone is 3. The maximum atomic E-state index is 13.9. The molecule has 0 aliphatic carbocycles. The molecule has 1 aromatic rings. The molecule has 0 saturated heterocycles. The van der Waals surface area contributed by atoms with Gasteiger partial charge in [-0.15, -0.1) is 0 Å². The Hall–Kier alpha value is -2.89. The highest BCUT2D eigenvalue weighted by atomic mass is 19.2. The summed E-state index contributed by atoms with van der Waals surface area (Å²) in [5, 5.41) is 12.3. The molecule has 0 unspecified atom stereocenters. The van der Waals surface area contributed by atoms with E-state index < -0.39 is 17.6 Å². The maximum Gasteiger partial charge on any atom is 0.355 e. The lowest BCUT2D eigenvalue weighted by Gasteiger charge is -2.27. The van der Waals surface area contributed by atoms with Gasteiger partial charge in [0.2, 0.25) is 0 Å². The molecule has 0 saturated carbocycles. The van der Waals surface area contributed by atoms with Gasteiger partial charge in [-0.1, -0.05) is 24.8 Å². The standard InChI is InChI=1S/C18H18F2N2O2/c1-4-9-22-12(3)6-8-14(17(22)18(23)24)21-10-13-7-5-11(2)15(19)16(13)20/h4-9,21H,3,10H2,1-2H3,(H,23,24)/b9-4-. The molecule has 0 radical (unpaired) electrons. The Morgan fingerprint density at radius 1 is 1.33 bits per heavy atom. The van der Waals surface area contributed by atoms with E-state index in [1.165, 1.54) is 24.0 Å². The minimum atomic E-state index is -1.16. The van der Waals surface area contributed by atoms with Crippen molar-refractivity contribution in [1.29, 1.82) is 0 Å². The Bertz CT molecular complexity index is 779. The number of hydrogen-bond donors (Lipinski definition) is 2. The molecule has 4 nitrogen and oxygen atoms in total. The number of carbonyl (C=O) groups is 1. The molecule has 1 heterocycles. The van der Waals surface area contributed by atoms with Gasteiger partial charge in [-0.25, -0.2) is 13.6 Å². The predicted molar refractivity (Wildman–Crippen MR) is 87.5 cm³/mol. The number of aryl methyl sites for hydroxylation is 1. The lowest BCUT2D eigenvalue weighted by molar-refractivity contribution is -0.134. The summed E-state index contributed by atoms with van der Waals surface area (Å²) in [5.41, 5.74) is 1.08. The predicted octanol–water partition coefficient (Wildman–Crippen LogP) is 3.58. The third-order valence-corrected chi connectivity index (χ3v) is 3.57. The summed E-state index contributed by atoms with van der Waals surface area (Å²) in [4.78, 5) is 13.0. The number of halogens is 2. The maximum absolute atomic E-state index is 13.9. The van der Waals surface area contributed by atoms with Crippen molar-refractivity contribution in [2.75, 3.05) is 0 Å². The molecule has 1 aromatic carbocycles. The summed E-state index contributed by atoms with van der Waals surface area (Å²) >= 11 is 0. The fourth-order valence-electron chi connectivity index (χ4n) is 2.31. The quantitative estimate of drug-likeness (QED) is 0.865. The average Bonchev–Trinajstić information content (AvgIpc) is 2.54. The molecule has 6 heteroatoms. The van der Waals surface area contributed by atoms with Crippen LogP contribution in [0.1, 0.15) is 18.1 Å². The summed E-state index contributed by atoms with van der Waals surface area (Å²) in [7, 11) is 0. The molecular formula is C18H18F2N2O2. The van der Waals surface area contributed by atoms with Crippen molar-refractivity contribution in [3.05, 3.63) is 83.0 Å². The van der Waals surface area contributed by atoms with Crippen molar-refractivity contribution in [1.82, 2.24) is 10.2 Å². The number of aliphatic carboxylic acids is 1. The minimum absolute atomic E-state index is 0.0337. The SMILES string of the molecule is C=C1C=CC(NCc2ccc(C)c(F)c2F)=C(C(=O)O)N1/C=C\C. The minimum Gasteiger partial charge on any atom is -0.476 e. The van der Waals surface area contributed by atoms with Gasteiger partial charge in [-0.05, 0) is 31.6 Å². The van der Waals surface area contributed by atoms with Crippen molar-refractivity contribution < 1.29 is 18.7 Å². The fraction of sp³-hybridized carbons (Fsp3) is 0.167. The van der Waals surface area contributed by atoms with Crippen LogP contribution in [0, 0.1) is 18.6 Å². The first-order chi connectivity index (χ1) is 11.4. The van der Waals surface area contributed by atoms with E-state index in [0.717, 1.165) is 0 Å². The van der Waals surface area contributed by atoms with Crippen molar-refractivity contribution in [2.45, 2.75) is 20.4 Å². The second kappa shape index (κ2) is 7.12. The summed E-state index contributed by atoms with van der Waals surface area (Å²) in [6, 6.07) is 2.95. The van der Waals surface area contributed by atoms with Crippen LogP contribution in [0.15, 0.2) is 60.2 Å². The van der Waals surface area contributed by atoms with Gasteiger partial charge in [0.15, 0.2) is 17.3 Å². The van der Waals surface area contributed by atoms with Crippen molar-refractivity contribution >= 4 is 5.97 Å². The molecule has 2 rings (SSSR count). The first-order valence-electron chi connectivity index (χ1n) is 7.30. The number of nitrogens with one attached hydrogen (secondary N) is 1. The van der Waals surface area contributed by atoms with Crippen LogP contribution < -0.4 is 5.32 Å². The molecule has 0 amide bonds. The van der Waals surface area contributed by atoms with E-state index >= 15 is 0 Å². The molecule has 0 bridgehead atoms. The second-order valence-electron chi connectivity index (χ2n) is 5.27. The van der Waals surface area contributed by atoms with E-state index in [1.807, 2.05) is 0 Å². The summed E-state index contributed by atoms with van der Waals surface area (Å²) in [6.07, 6.45) is 6.44. The monoisotopic (exact) mass is 332 g/mol. The highest BCUT2D eigenvalue weighted by Crippen LogP contribution is 2.23. The van der Waals surface area contributed by atoms with Gasteiger partial charge in [-0.2, -0.15) is 0 Å². The number of hydrogen-bond acceptors (Lipinski definition) is 3. The molecule has 126 valence electrons. The Kier molecular flexibility index (Phi) is 5.18. The summed E-state index contributed by atoms with van der Waals surface area (Å²) in [6.45, 7) is 6.97. The van der Waals surface area contributed by atoms with Gasteiger partial charge in [-0.3, -0.25) is 0 Å². The molecule has 0 spiro atoms. The average molecular weight is 332 g/mol. The number of rotatable bonds is 5. The van der Waals surface area contributed by atoms with E-state index in [9.17, 15) is 18.7 Å². The van der Waals surface area contributed by atoms with Gasteiger partial charge < -0.3 is 15.3 Å². The smallest absolute Gasteiger partial charge is 0.355 e. The molecular weight excluding hydrogens is 314 g/mol. The fourth-order valence-corrected chi connectivity index (χ4v) is 2.31. The van der Waals surface area contributed by atoms with Gasteiger partial charge in [0.25, 0.3) is 0 Å². The van der Waals surface area contributed by atoms with Gasteiger partial charge in [0.05, 0.1) is 5.70 Å². The molecule has 0 fully saturated rings. The van der Waals surface area contributed by atoms with Crippen LogP contribution in [0.3, 0.4) is 0 Å². The van der Waals surface area contributed by atoms with Crippen LogP contribution in [0.5, 0.6) is 0 Å². The Labute approximate surface area is 139 Å². The highest BCUT2D eigenvalue weighted by molar-refractivity contribution is 5.88. The highest BCUT2D eigenvalue weighted by Gasteiger charge is 2.24. The summed E-state index contributed by atoms with van der Waals surface area (Å²) < 4.78 is 27.6.